The SMILES string of the molecule is COc1cc(CNCC2CCNCC2)c(Br)cc1OCc1c(Cl)cccc1Cl. The number of ether oxygens (including phenoxy) is 2. The molecule has 152 valence electrons. The molecule has 2 N–H and O–H groups in total. The van der Waals surface area contributed by atoms with Gasteiger partial charge in [-0.2, -0.15) is 0 Å². The van der Waals surface area contributed by atoms with Crippen LogP contribution in [-0.2, 0) is 13.2 Å². The topological polar surface area (TPSA) is 42.5 Å². The second kappa shape index (κ2) is 10.7. The number of benzene rings is 2. The van der Waals surface area contributed by atoms with Crippen LogP contribution in [0.25, 0.3) is 0 Å². The van der Waals surface area contributed by atoms with Gasteiger partial charge in [0.1, 0.15) is 6.61 Å². The van der Waals surface area contributed by atoms with Crippen molar-refractivity contribution in [1.82, 2.24) is 10.6 Å². The van der Waals surface area contributed by atoms with E-state index in [1.54, 1.807) is 19.2 Å². The number of methoxy groups -OCH3 is 1. The van der Waals surface area contributed by atoms with Crippen LogP contribution in [0.5, 0.6) is 11.5 Å². The molecule has 0 radical (unpaired) electrons. The number of rotatable bonds is 8. The summed E-state index contributed by atoms with van der Waals surface area (Å²) < 4.78 is 12.5. The van der Waals surface area contributed by atoms with Gasteiger partial charge in [-0.15, -0.1) is 0 Å². The predicted octanol–water partition coefficient (Wildman–Crippen LogP) is 5.43. The molecule has 28 heavy (non-hydrogen) atoms. The maximum Gasteiger partial charge on any atom is 0.162 e. The summed E-state index contributed by atoms with van der Waals surface area (Å²) in [4.78, 5) is 0. The lowest BCUT2D eigenvalue weighted by atomic mass is 9.98. The minimum Gasteiger partial charge on any atom is -0.493 e. The summed E-state index contributed by atoms with van der Waals surface area (Å²) in [6, 6.07) is 9.36. The molecule has 1 fully saturated rings. The Morgan fingerprint density at radius 3 is 2.54 bits per heavy atom. The van der Waals surface area contributed by atoms with Crippen molar-refractivity contribution >= 4 is 39.1 Å². The van der Waals surface area contributed by atoms with Crippen LogP contribution in [0.15, 0.2) is 34.8 Å². The molecule has 0 atom stereocenters. The monoisotopic (exact) mass is 486 g/mol. The van der Waals surface area contributed by atoms with Crippen LogP contribution >= 0.6 is 39.1 Å². The molecular formula is C21H25BrCl2N2O2. The van der Waals surface area contributed by atoms with Gasteiger partial charge in [0.2, 0.25) is 0 Å². The number of halogens is 3. The van der Waals surface area contributed by atoms with Crippen LogP contribution < -0.4 is 20.1 Å². The van der Waals surface area contributed by atoms with Crippen LogP contribution in [0.3, 0.4) is 0 Å². The van der Waals surface area contributed by atoms with Crippen LogP contribution in [0, 0.1) is 5.92 Å². The summed E-state index contributed by atoms with van der Waals surface area (Å²) in [5.74, 6) is 2.07. The summed E-state index contributed by atoms with van der Waals surface area (Å²) in [6.45, 7) is 4.31. The standard InChI is InChI=1S/C21H25BrCl2N2O2/c1-27-20-9-15(12-26-11-14-5-7-25-8-6-14)17(22)10-21(20)28-13-16-18(23)3-2-4-19(16)24/h2-4,9-10,14,25-26H,5-8,11-13H2,1H3. The van der Waals surface area contributed by atoms with Gasteiger partial charge in [0.15, 0.2) is 11.5 Å². The highest BCUT2D eigenvalue weighted by Crippen LogP contribution is 2.35. The molecule has 3 rings (SSSR count). The van der Waals surface area contributed by atoms with Crippen molar-refractivity contribution in [3.8, 4) is 11.5 Å². The van der Waals surface area contributed by atoms with Crippen LogP contribution in [0.2, 0.25) is 10.0 Å². The Bertz CT molecular complexity index is 778. The molecule has 1 saturated heterocycles. The van der Waals surface area contributed by atoms with E-state index in [1.807, 2.05) is 18.2 Å². The van der Waals surface area contributed by atoms with Gasteiger partial charge in [0.25, 0.3) is 0 Å². The Labute approximate surface area is 185 Å². The first kappa shape index (κ1) is 21.7. The minimum atomic E-state index is 0.272. The Kier molecular flexibility index (Phi) is 8.30. The molecule has 0 spiro atoms. The fraction of sp³-hybridized carbons (Fsp3) is 0.429. The average molecular weight is 488 g/mol. The molecule has 0 saturated carbocycles. The van der Waals surface area contributed by atoms with Gasteiger partial charge in [-0.1, -0.05) is 45.2 Å². The average Bonchev–Trinajstić information content (AvgIpc) is 2.70. The molecule has 0 bridgehead atoms. The lowest BCUT2D eigenvalue weighted by molar-refractivity contribution is 0.284. The Morgan fingerprint density at radius 1 is 1.14 bits per heavy atom. The molecule has 1 heterocycles. The molecule has 2 aromatic carbocycles. The highest BCUT2D eigenvalue weighted by molar-refractivity contribution is 9.10. The van der Waals surface area contributed by atoms with Gasteiger partial charge in [-0.25, -0.2) is 0 Å². The first-order valence-electron chi connectivity index (χ1n) is 9.42. The fourth-order valence-corrected chi connectivity index (χ4v) is 4.27. The van der Waals surface area contributed by atoms with Gasteiger partial charge in [-0.05, 0) is 68.2 Å². The van der Waals surface area contributed by atoms with Gasteiger partial charge < -0.3 is 20.1 Å². The van der Waals surface area contributed by atoms with E-state index in [0.29, 0.717) is 21.5 Å². The van der Waals surface area contributed by atoms with Crippen molar-refractivity contribution in [2.45, 2.75) is 26.0 Å². The second-order valence-corrected chi connectivity index (χ2v) is 8.58. The van der Waals surface area contributed by atoms with E-state index >= 15 is 0 Å². The van der Waals surface area contributed by atoms with Gasteiger partial charge >= 0.3 is 0 Å². The summed E-state index contributed by atoms with van der Waals surface area (Å²) in [5.41, 5.74) is 1.89. The number of hydrogen-bond donors (Lipinski definition) is 2. The minimum absolute atomic E-state index is 0.272. The van der Waals surface area contributed by atoms with Crippen molar-refractivity contribution < 1.29 is 9.47 Å². The van der Waals surface area contributed by atoms with E-state index in [0.717, 1.165) is 47.7 Å². The highest BCUT2D eigenvalue weighted by Gasteiger charge is 2.15. The molecule has 0 aromatic heterocycles. The zero-order valence-electron chi connectivity index (χ0n) is 15.9. The molecule has 1 aliphatic rings. The van der Waals surface area contributed by atoms with Crippen LogP contribution in [0.4, 0.5) is 0 Å². The largest absolute Gasteiger partial charge is 0.493 e. The van der Waals surface area contributed by atoms with Gasteiger partial charge in [-0.3, -0.25) is 0 Å². The summed E-state index contributed by atoms with van der Waals surface area (Å²) >= 11 is 16.1. The maximum atomic E-state index is 6.23. The molecule has 7 heteroatoms. The Hall–Kier alpha value is -0.980. The van der Waals surface area contributed by atoms with E-state index in [4.69, 9.17) is 32.7 Å². The maximum absolute atomic E-state index is 6.23. The molecule has 0 unspecified atom stereocenters. The van der Waals surface area contributed by atoms with Crippen LogP contribution in [0.1, 0.15) is 24.0 Å². The van der Waals surface area contributed by atoms with E-state index < -0.39 is 0 Å². The lowest BCUT2D eigenvalue weighted by Crippen LogP contribution is -2.33. The lowest BCUT2D eigenvalue weighted by Gasteiger charge is -2.23. The molecule has 2 aromatic rings. The molecule has 1 aliphatic heterocycles. The smallest absolute Gasteiger partial charge is 0.162 e. The molecular weight excluding hydrogens is 463 g/mol. The van der Waals surface area contributed by atoms with Crippen LogP contribution in [-0.4, -0.2) is 26.7 Å². The van der Waals surface area contributed by atoms with Crippen molar-refractivity contribution in [2.24, 2.45) is 5.92 Å². The van der Waals surface area contributed by atoms with Gasteiger partial charge in [0, 0.05) is 26.6 Å². The van der Waals surface area contributed by atoms with E-state index in [9.17, 15) is 0 Å². The Morgan fingerprint density at radius 2 is 1.86 bits per heavy atom. The fourth-order valence-electron chi connectivity index (χ4n) is 3.30. The zero-order valence-corrected chi connectivity index (χ0v) is 19.0. The third kappa shape index (κ3) is 5.77. The molecule has 4 nitrogen and oxygen atoms in total. The number of hydrogen-bond acceptors (Lipinski definition) is 4. The molecule has 0 amide bonds. The first-order chi connectivity index (χ1) is 13.6. The summed E-state index contributed by atoms with van der Waals surface area (Å²) in [7, 11) is 1.64. The Balaban J connectivity index is 1.63. The van der Waals surface area contributed by atoms with Gasteiger partial charge in [0.05, 0.1) is 7.11 Å². The van der Waals surface area contributed by atoms with E-state index in [-0.39, 0.29) is 6.61 Å². The van der Waals surface area contributed by atoms with Crippen molar-refractivity contribution in [2.75, 3.05) is 26.7 Å². The van der Waals surface area contributed by atoms with E-state index in [1.165, 1.54) is 12.8 Å². The highest BCUT2D eigenvalue weighted by atomic mass is 79.9. The third-order valence-electron chi connectivity index (χ3n) is 4.97. The normalized spacial score (nSPS) is 14.9. The molecule has 0 aliphatic carbocycles. The van der Waals surface area contributed by atoms with Crippen molar-refractivity contribution in [3.05, 3.63) is 56.0 Å². The summed E-state index contributed by atoms with van der Waals surface area (Å²) in [5, 5.41) is 8.14. The number of piperidine rings is 1. The zero-order chi connectivity index (χ0) is 19.9. The van der Waals surface area contributed by atoms with Crippen molar-refractivity contribution in [3.63, 3.8) is 0 Å². The first-order valence-corrected chi connectivity index (χ1v) is 11.0. The number of nitrogens with one attached hydrogen (secondary N) is 2. The second-order valence-electron chi connectivity index (χ2n) is 6.91. The third-order valence-corrected chi connectivity index (χ3v) is 6.42. The summed E-state index contributed by atoms with van der Waals surface area (Å²) in [6.07, 6.45) is 2.46. The van der Waals surface area contributed by atoms with E-state index in [2.05, 4.69) is 26.6 Å². The quantitative estimate of drug-likeness (QED) is 0.520. The van der Waals surface area contributed by atoms with Crippen molar-refractivity contribution in [1.29, 1.82) is 0 Å². The predicted molar refractivity (Wildman–Crippen MR) is 119 cm³/mol.